The molecule has 0 saturated heterocycles. The number of carbonyl (C=O) groups excluding carboxylic acids is 1. The van der Waals surface area contributed by atoms with Crippen LogP contribution in [0.25, 0.3) is 10.9 Å². The Morgan fingerprint density at radius 2 is 1.66 bits per heavy atom. The second-order valence-corrected chi connectivity index (χ2v) is 8.88. The first-order valence-electron chi connectivity index (χ1n) is 9.15. The van der Waals surface area contributed by atoms with Crippen LogP contribution < -0.4 is 4.74 Å². The predicted molar refractivity (Wildman–Crippen MR) is 113 cm³/mol. The molecule has 0 spiro atoms. The van der Waals surface area contributed by atoms with Gasteiger partial charge in [-0.15, -0.1) is 0 Å². The zero-order valence-corrected chi connectivity index (χ0v) is 17.8. The van der Waals surface area contributed by atoms with Gasteiger partial charge in [-0.2, -0.15) is 0 Å². The van der Waals surface area contributed by atoms with Crippen molar-refractivity contribution in [3.05, 3.63) is 60.3 Å². The monoisotopic (exact) mass is 415 g/mol. The summed E-state index contributed by atoms with van der Waals surface area (Å²) in [5.74, 6) is 0.353. The van der Waals surface area contributed by atoms with E-state index in [9.17, 15) is 13.2 Å². The molecule has 0 bridgehead atoms. The van der Waals surface area contributed by atoms with Gasteiger partial charge in [0.15, 0.2) is 0 Å². The summed E-state index contributed by atoms with van der Waals surface area (Å²) in [5, 5.41) is 0.603. The second kappa shape index (κ2) is 8.26. The minimum atomic E-state index is -3.87. The number of likely N-dealkylation sites (N-methyl/N-ethyl adjacent to an activating group) is 2. The van der Waals surface area contributed by atoms with E-state index in [4.69, 9.17) is 4.74 Å². The smallest absolute Gasteiger partial charge is 0.268 e. The van der Waals surface area contributed by atoms with Gasteiger partial charge in [0.05, 0.1) is 23.1 Å². The predicted octanol–water partition coefficient (Wildman–Crippen LogP) is 2.52. The lowest BCUT2D eigenvalue weighted by atomic mass is 10.1. The first-order chi connectivity index (χ1) is 13.8. The summed E-state index contributed by atoms with van der Waals surface area (Å²) >= 11 is 0. The molecule has 0 atom stereocenters. The lowest BCUT2D eigenvalue weighted by Crippen LogP contribution is -2.33. The molecule has 1 aromatic heterocycles. The fraction of sp³-hybridized carbons (Fsp3) is 0.286. The van der Waals surface area contributed by atoms with Crippen molar-refractivity contribution in [2.75, 3.05) is 41.3 Å². The quantitative estimate of drug-likeness (QED) is 0.593. The summed E-state index contributed by atoms with van der Waals surface area (Å²) in [4.78, 5) is 16.7. The number of rotatable bonds is 7. The van der Waals surface area contributed by atoms with Crippen LogP contribution in [0.1, 0.15) is 10.4 Å². The van der Waals surface area contributed by atoms with E-state index in [2.05, 4.69) is 0 Å². The van der Waals surface area contributed by atoms with Crippen molar-refractivity contribution in [1.29, 1.82) is 0 Å². The average molecular weight is 416 g/mol. The molecule has 0 aliphatic heterocycles. The third-order valence-electron chi connectivity index (χ3n) is 4.75. The molecule has 8 heteroatoms. The normalized spacial score (nSPS) is 11.8. The van der Waals surface area contributed by atoms with Crippen molar-refractivity contribution < 1.29 is 17.9 Å². The Labute approximate surface area is 171 Å². The lowest BCUT2D eigenvalue weighted by Gasteiger charge is -2.19. The van der Waals surface area contributed by atoms with Gasteiger partial charge < -0.3 is 14.5 Å². The number of hydrogen-bond donors (Lipinski definition) is 0. The van der Waals surface area contributed by atoms with Gasteiger partial charge in [0.2, 0.25) is 0 Å². The number of methoxy groups -OCH3 is 1. The van der Waals surface area contributed by atoms with Gasteiger partial charge in [-0.1, -0.05) is 18.2 Å². The maximum atomic E-state index is 13.3. The highest BCUT2D eigenvalue weighted by molar-refractivity contribution is 7.90. The Hall–Kier alpha value is -2.84. The maximum Gasteiger partial charge on any atom is 0.268 e. The number of ether oxygens (including phenoxy) is 1. The van der Waals surface area contributed by atoms with Crippen molar-refractivity contribution >= 4 is 26.8 Å². The van der Waals surface area contributed by atoms with E-state index < -0.39 is 10.0 Å². The fourth-order valence-corrected chi connectivity index (χ4v) is 4.41. The van der Waals surface area contributed by atoms with E-state index in [0.29, 0.717) is 35.3 Å². The van der Waals surface area contributed by atoms with Gasteiger partial charge in [0.25, 0.3) is 15.9 Å². The molecule has 7 nitrogen and oxygen atoms in total. The van der Waals surface area contributed by atoms with Crippen LogP contribution in [-0.4, -0.2) is 69.4 Å². The number of amides is 1. The Morgan fingerprint density at radius 3 is 2.28 bits per heavy atom. The van der Waals surface area contributed by atoms with Crippen LogP contribution in [0.5, 0.6) is 5.75 Å². The number of aromatic nitrogens is 1. The molecule has 0 unspecified atom stereocenters. The number of nitrogens with zero attached hydrogens (tertiary/aromatic N) is 3. The molecule has 1 amide bonds. The minimum absolute atomic E-state index is 0.124. The molecule has 154 valence electrons. The highest BCUT2D eigenvalue weighted by Gasteiger charge is 2.25. The Morgan fingerprint density at radius 1 is 1.00 bits per heavy atom. The molecule has 0 aliphatic rings. The Balaban J connectivity index is 2.06. The molecule has 3 rings (SSSR count). The average Bonchev–Trinajstić information content (AvgIpc) is 3.12. The van der Waals surface area contributed by atoms with Gasteiger partial charge in [0.1, 0.15) is 5.75 Å². The summed E-state index contributed by atoms with van der Waals surface area (Å²) in [6, 6.07) is 13.2. The van der Waals surface area contributed by atoms with E-state index >= 15 is 0 Å². The molecule has 0 fully saturated rings. The molecule has 0 radical (unpaired) electrons. The van der Waals surface area contributed by atoms with Crippen LogP contribution in [0.15, 0.2) is 59.6 Å². The number of carbonyl (C=O) groups is 1. The zero-order valence-electron chi connectivity index (χ0n) is 17.0. The summed E-state index contributed by atoms with van der Waals surface area (Å²) in [6.45, 7) is 1.25. The van der Waals surface area contributed by atoms with Crippen LogP contribution in [-0.2, 0) is 10.0 Å². The lowest BCUT2D eigenvalue weighted by molar-refractivity contribution is 0.0788. The van der Waals surface area contributed by atoms with Gasteiger partial charge in [0, 0.05) is 31.7 Å². The van der Waals surface area contributed by atoms with E-state index in [1.165, 1.54) is 29.4 Å². The highest BCUT2D eigenvalue weighted by Crippen LogP contribution is 2.27. The molecule has 1 heterocycles. The highest BCUT2D eigenvalue weighted by atomic mass is 32.2. The van der Waals surface area contributed by atoms with Crippen LogP contribution in [0.3, 0.4) is 0 Å². The molecule has 0 saturated carbocycles. The maximum absolute atomic E-state index is 13.3. The van der Waals surface area contributed by atoms with E-state index in [1.807, 2.05) is 19.0 Å². The standard InChI is InChI=1S/C21H25N3O4S/c1-22(2)13-14-23(3)21(25)19-15-24(20-8-6-5-7-18(19)20)29(26,27)17-11-9-16(28-4)10-12-17/h5-12,15H,13-14H2,1-4H3. The van der Waals surface area contributed by atoms with Gasteiger partial charge in [-0.3, -0.25) is 4.79 Å². The molecular weight excluding hydrogens is 390 g/mol. The van der Waals surface area contributed by atoms with E-state index in [1.54, 1.807) is 48.3 Å². The summed E-state index contributed by atoms with van der Waals surface area (Å²) in [6.07, 6.45) is 1.42. The summed E-state index contributed by atoms with van der Waals surface area (Å²) < 4.78 is 32.8. The number of hydrogen-bond acceptors (Lipinski definition) is 5. The number of para-hydroxylation sites is 1. The van der Waals surface area contributed by atoms with Gasteiger partial charge in [-0.25, -0.2) is 12.4 Å². The van der Waals surface area contributed by atoms with Crippen LogP contribution in [0, 0.1) is 0 Å². The zero-order chi connectivity index (χ0) is 21.2. The minimum Gasteiger partial charge on any atom is -0.497 e. The Bertz CT molecular complexity index is 1120. The van der Waals surface area contributed by atoms with Crippen molar-refractivity contribution in [3.63, 3.8) is 0 Å². The van der Waals surface area contributed by atoms with Crippen LogP contribution in [0.4, 0.5) is 0 Å². The summed E-state index contributed by atoms with van der Waals surface area (Å²) in [5.41, 5.74) is 0.826. The number of fused-ring (bicyclic) bond motifs is 1. The van der Waals surface area contributed by atoms with E-state index in [0.717, 1.165) is 0 Å². The van der Waals surface area contributed by atoms with Crippen LogP contribution >= 0.6 is 0 Å². The van der Waals surface area contributed by atoms with Crippen LogP contribution in [0.2, 0.25) is 0 Å². The van der Waals surface area contributed by atoms with Crippen molar-refractivity contribution in [2.24, 2.45) is 0 Å². The number of benzene rings is 2. The Kier molecular flexibility index (Phi) is 5.95. The third-order valence-corrected chi connectivity index (χ3v) is 6.44. The molecular formula is C21H25N3O4S. The van der Waals surface area contributed by atoms with Crippen molar-refractivity contribution in [3.8, 4) is 5.75 Å². The molecule has 2 aromatic carbocycles. The van der Waals surface area contributed by atoms with E-state index in [-0.39, 0.29) is 10.8 Å². The molecule has 0 N–H and O–H groups in total. The van der Waals surface area contributed by atoms with Crippen molar-refractivity contribution in [2.45, 2.75) is 4.90 Å². The first kappa shape index (κ1) is 20.9. The SMILES string of the molecule is COc1ccc(S(=O)(=O)n2cc(C(=O)N(C)CCN(C)C)c3ccccc32)cc1. The van der Waals surface area contributed by atoms with Gasteiger partial charge >= 0.3 is 0 Å². The molecule has 0 aliphatic carbocycles. The fourth-order valence-electron chi connectivity index (χ4n) is 3.04. The largest absolute Gasteiger partial charge is 0.497 e. The molecule has 3 aromatic rings. The van der Waals surface area contributed by atoms with Gasteiger partial charge in [-0.05, 0) is 44.4 Å². The second-order valence-electron chi connectivity index (χ2n) is 7.07. The summed E-state index contributed by atoms with van der Waals surface area (Å²) in [7, 11) is 3.24. The topological polar surface area (TPSA) is 71.8 Å². The third kappa shape index (κ3) is 4.13. The van der Waals surface area contributed by atoms with Crippen molar-refractivity contribution in [1.82, 2.24) is 13.8 Å². The molecule has 29 heavy (non-hydrogen) atoms. The first-order valence-corrected chi connectivity index (χ1v) is 10.6.